The van der Waals surface area contributed by atoms with Crippen molar-refractivity contribution in [1.82, 2.24) is 9.78 Å². The smallest absolute Gasteiger partial charge is 0.260 e. The SMILES string of the molecule is CCOc1ccccc1C(=O)Nc1c2c(nn1-c1ccccc1)CCC2. The number of carbonyl (C=O) groups is 1. The lowest BCUT2D eigenvalue weighted by Gasteiger charge is -2.13. The molecule has 1 aliphatic rings. The average Bonchev–Trinajstić information content (AvgIpc) is 3.26. The highest BCUT2D eigenvalue weighted by Gasteiger charge is 2.25. The lowest BCUT2D eigenvalue weighted by atomic mass is 10.1. The molecule has 5 heteroatoms. The fraction of sp³-hybridized carbons (Fsp3) is 0.238. The monoisotopic (exact) mass is 347 g/mol. The largest absolute Gasteiger partial charge is 0.493 e. The number of hydrogen-bond acceptors (Lipinski definition) is 3. The van der Waals surface area contributed by atoms with E-state index in [1.165, 1.54) is 0 Å². The van der Waals surface area contributed by atoms with Gasteiger partial charge >= 0.3 is 0 Å². The molecule has 1 aliphatic carbocycles. The maximum Gasteiger partial charge on any atom is 0.260 e. The normalized spacial score (nSPS) is 12.7. The predicted molar refractivity (Wildman–Crippen MR) is 101 cm³/mol. The van der Waals surface area contributed by atoms with Crippen LogP contribution in [0.3, 0.4) is 0 Å². The van der Waals surface area contributed by atoms with Gasteiger partial charge in [-0.3, -0.25) is 4.79 Å². The summed E-state index contributed by atoms with van der Waals surface area (Å²) in [6, 6.07) is 17.2. The van der Waals surface area contributed by atoms with Gasteiger partial charge in [-0.05, 0) is 50.5 Å². The van der Waals surface area contributed by atoms with E-state index in [9.17, 15) is 4.79 Å². The maximum absolute atomic E-state index is 13.0. The minimum absolute atomic E-state index is 0.180. The maximum atomic E-state index is 13.0. The summed E-state index contributed by atoms with van der Waals surface area (Å²) in [5.74, 6) is 1.18. The molecule has 1 heterocycles. The van der Waals surface area contributed by atoms with Gasteiger partial charge in [-0.1, -0.05) is 30.3 Å². The Kier molecular flexibility index (Phi) is 4.44. The first-order valence-electron chi connectivity index (χ1n) is 8.97. The van der Waals surface area contributed by atoms with Crippen LogP contribution in [0.2, 0.25) is 0 Å². The van der Waals surface area contributed by atoms with E-state index >= 15 is 0 Å². The molecule has 4 rings (SSSR count). The number of hydrogen-bond donors (Lipinski definition) is 1. The lowest BCUT2D eigenvalue weighted by molar-refractivity contribution is 0.102. The zero-order chi connectivity index (χ0) is 17.9. The number of rotatable bonds is 5. The third kappa shape index (κ3) is 2.96. The molecule has 1 amide bonds. The minimum atomic E-state index is -0.180. The zero-order valence-corrected chi connectivity index (χ0v) is 14.7. The zero-order valence-electron chi connectivity index (χ0n) is 14.7. The van der Waals surface area contributed by atoms with Gasteiger partial charge in [0.15, 0.2) is 0 Å². The van der Waals surface area contributed by atoms with E-state index in [4.69, 9.17) is 9.84 Å². The molecule has 0 spiro atoms. The van der Waals surface area contributed by atoms with Crippen molar-refractivity contribution in [2.45, 2.75) is 26.2 Å². The van der Waals surface area contributed by atoms with Gasteiger partial charge < -0.3 is 10.1 Å². The molecule has 1 N–H and O–H groups in total. The van der Waals surface area contributed by atoms with Crippen LogP contribution in [0.4, 0.5) is 5.82 Å². The van der Waals surface area contributed by atoms with E-state index < -0.39 is 0 Å². The standard InChI is InChI=1S/C21H21N3O2/c1-2-26-19-14-7-6-11-17(19)21(25)22-20-16-12-8-13-18(16)23-24(20)15-9-4-3-5-10-15/h3-7,9-11,14H,2,8,12-13H2,1H3,(H,22,25). The highest BCUT2D eigenvalue weighted by molar-refractivity contribution is 6.06. The number of carbonyl (C=O) groups excluding carboxylic acids is 1. The molecule has 2 aromatic carbocycles. The molecular weight excluding hydrogens is 326 g/mol. The van der Waals surface area contributed by atoms with Crippen LogP contribution in [0.15, 0.2) is 54.6 Å². The molecule has 1 aromatic heterocycles. The molecular formula is C21H21N3O2. The van der Waals surface area contributed by atoms with E-state index in [0.29, 0.717) is 17.9 Å². The summed E-state index contributed by atoms with van der Waals surface area (Å²) in [5.41, 5.74) is 3.68. The van der Waals surface area contributed by atoms with Gasteiger partial charge in [0, 0.05) is 5.56 Å². The lowest BCUT2D eigenvalue weighted by Crippen LogP contribution is -2.17. The van der Waals surface area contributed by atoms with Crippen molar-refractivity contribution < 1.29 is 9.53 Å². The molecule has 0 bridgehead atoms. The van der Waals surface area contributed by atoms with Crippen molar-refractivity contribution in [3.05, 3.63) is 71.4 Å². The second-order valence-electron chi connectivity index (χ2n) is 6.26. The van der Waals surface area contributed by atoms with Crippen LogP contribution in [0.25, 0.3) is 5.69 Å². The average molecular weight is 347 g/mol. The number of para-hydroxylation sites is 2. The first-order chi connectivity index (χ1) is 12.8. The second-order valence-corrected chi connectivity index (χ2v) is 6.26. The van der Waals surface area contributed by atoms with Crippen molar-refractivity contribution in [3.8, 4) is 11.4 Å². The van der Waals surface area contributed by atoms with Gasteiger partial charge in [0.1, 0.15) is 11.6 Å². The molecule has 0 saturated carbocycles. The molecule has 0 saturated heterocycles. The third-order valence-corrected chi connectivity index (χ3v) is 4.57. The molecule has 0 aliphatic heterocycles. The van der Waals surface area contributed by atoms with Gasteiger partial charge in [0.25, 0.3) is 5.91 Å². The Balaban J connectivity index is 1.72. The topological polar surface area (TPSA) is 56.1 Å². The van der Waals surface area contributed by atoms with Crippen LogP contribution in [0.1, 0.15) is 35.0 Å². The molecule has 0 radical (unpaired) electrons. The Hall–Kier alpha value is -3.08. The van der Waals surface area contributed by atoms with E-state index in [0.717, 1.165) is 42.0 Å². The Morgan fingerprint density at radius 2 is 1.88 bits per heavy atom. The Morgan fingerprint density at radius 1 is 1.12 bits per heavy atom. The molecule has 0 atom stereocenters. The first-order valence-corrected chi connectivity index (χ1v) is 8.97. The van der Waals surface area contributed by atoms with Gasteiger partial charge in [-0.2, -0.15) is 5.10 Å². The third-order valence-electron chi connectivity index (χ3n) is 4.57. The van der Waals surface area contributed by atoms with Crippen LogP contribution in [0.5, 0.6) is 5.75 Å². The number of fused-ring (bicyclic) bond motifs is 1. The van der Waals surface area contributed by atoms with Crippen molar-refractivity contribution >= 4 is 11.7 Å². The molecule has 132 valence electrons. The Labute approximate surface area is 152 Å². The number of ether oxygens (including phenoxy) is 1. The number of aromatic nitrogens is 2. The predicted octanol–water partition coefficient (Wildman–Crippen LogP) is 4.01. The van der Waals surface area contributed by atoms with Crippen molar-refractivity contribution in [2.24, 2.45) is 0 Å². The number of benzene rings is 2. The van der Waals surface area contributed by atoms with Crippen molar-refractivity contribution in [3.63, 3.8) is 0 Å². The van der Waals surface area contributed by atoms with Gasteiger partial charge in [0.05, 0.1) is 23.6 Å². The summed E-state index contributed by atoms with van der Waals surface area (Å²) in [6.07, 6.45) is 2.96. The summed E-state index contributed by atoms with van der Waals surface area (Å²) in [6.45, 7) is 2.42. The van der Waals surface area contributed by atoms with E-state index in [-0.39, 0.29) is 5.91 Å². The van der Waals surface area contributed by atoms with E-state index in [1.807, 2.05) is 60.1 Å². The Bertz CT molecular complexity index is 932. The van der Waals surface area contributed by atoms with Crippen LogP contribution >= 0.6 is 0 Å². The van der Waals surface area contributed by atoms with Gasteiger partial charge in [-0.15, -0.1) is 0 Å². The van der Waals surface area contributed by atoms with E-state index in [2.05, 4.69) is 5.32 Å². The molecule has 0 fully saturated rings. The van der Waals surface area contributed by atoms with Crippen LogP contribution < -0.4 is 10.1 Å². The molecule has 5 nitrogen and oxygen atoms in total. The van der Waals surface area contributed by atoms with Crippen LogP contribution in [-0.4, -0.2) is 22.3 Å². The fourth-order valence-electron chi connectivity index (χ4n) is 3.39. The number of aryl methyl sites for hydroxylation is 1. The second kappa shape index (κ2) is 7.04. The van der Waals surface area contributed by atoms with Crippen LogP contribution in [-0.2, 0) is 12.8 Å². The minimum Gasteiger partial charge on any atom is -0.493 e. The molecule has 26 heavy (non-hydrogen) atoms. The van der Waals surface area contributed by atoms with Gasteiger partial charge in [0.2, 0.25) is 0 Å². The number of nitrogens with zero attached hydrogens (tertiary/aromatic N) is 2. The van der Waals surface area contributed by atoms with E-state index in [1.54, 1.807) is 6.07 Å². The summed E-state index contributed by atoms with van der Waals surface area (Å²) < 4.78 is 7.44. The summed E-state index contributed by atoms with van der Waals surface area (Å²) >= 11 is 0. The highest BCUT2D eigenvalue weighted by Crippen LogP contribution is 2.31. The fourth-order valence-corrected chi connectivity index (χ4v) is 3.39. The number of nitrogens with one attached hydrogen (secondary N) is 1. The summed E-state index contributed by atoms with van der Waals surface area (Å²) in [5, 5.41) is 7.82. The Morgan fingerprint density at radius 3 is 2.69 bits per heavy atom. The van der Waals surface area contributed by atoms with Gasteiger partial charge in [-0.25, -0.2) is 4.68 Å². The summed E-state index contributed by atoms with van der Waals surface area (Å²) in [4.78, 5) is 13.0. The quantitative estimate of drug-likeness (QED) is 0.759. The summed E-state index contributed by atoms with van der Waals surface area (Å²) in [7, 11) is 0. The van der Waals surface area contributed by atoms with Crippen molar-refractivity contribution in [1.29, 1.82) is 0 Å². The molecule has 0 unspecified atom stereocenters. The molecule has 3 aromatic rings. The van der Waals surface area contributed by atoms with Crippen LogP contribution in [0, 0.1) is 0 Å². The first kappa shape index (κ1) is 16.4. The van der Waals surface area contributed by atoms with Crippen molar-refractivity contribution in [2.75, 3.05) is 11.9 Å². The number of amides is 1. The highest BCUT2D eigenvalue weighted by atomic mass is 16.5. The number of anilines is 1.